The van der Waals surface area contributed by atoms with Gasteiger partial charge in [-0.3, -0.25) is 4.79 Å². The molecule has 2 heterocycles. The molecule has 108 valence electrons. The summed E-state index contributed by atoms with van der Waals surface area (Å²) in [5, 5.41) is 4.94. The molecule has 0 spiro atoms. The fourth-order valence-corrected chi connectivity index (χ4v) is 3.24. The van der Waals surface area contributed by atoms with Gasteiger partial charge >= 0.3 is 0 Å². The van der Waals surface area contributed by atoms with Gasteiger partial charge in [0.25, 0.3) is 5.91 Å². The summed E-state index contributed by atoms with van der Waals surface area (Å²) in [5.41, 5.74) is 2.38. The van der Waals surface area contributed by atoms with E-state index in [1.54, 1.807) is 11.3 Å². The minimum Gasteiger partial charge on any atom is -0.361 e. The molecular weight excluding hydrogens is 282 g/mol. The van der Waals surface area contributed by atoms with E-state index >= 15 is 0 Å². The number of carbonyl (C=O) groups excluding carboxylic acids is 1. The van der Waals surface area contributed by atoms with Crippen LogP contribution >= 0.6 is 11.3 Å². The summed E-state index contributed by atoms with van der Waals surface area (Å²) in [6, 6.07) is 7.79. The largest absolute Gasteiger partial charge is 0.361 e. The predicted octanol–water partition coefficient (Wildman–Crippen LogP) is 4.31. The molecule has 0 aliphatic carbocycles. The van der Waals surface area contributed by atoms with Gasteiger partial charge in [-0.1, -0.05) is 13.8 Å². The quantitative estimate of drug-likeness (QED) is 0.757. The second-order valence-corrected chi connectivity index (χ2v) is 6.57. The highest BCUT2D eigenvalue weighted by Crippen LogP contribution is 2.27. The maximum absolute atomic E-state index is 12.5. The van der Waals surface area contributed by atoms with Gasteiger partial charge in [-0.15, -0.1) is 11.3 Å². The van der Waals surface area contributed by atoms with Crippen LogP contribution in [-0.2, 0) is 0 Å². The third-order valence-electron chi connectivity index (χ3n) is 3.31. The Kier molecular flexibility index (Phi) is 3.51. The number of carbonyl (C=O) groups is 1. The number of hydrogen-bond acceptors (Lipinski definition) is 3. The van der Waals surface area contributed by atoms with E-state index < -0.39 is 0 Å². The molecule has 3 rings (SSSR count). The zero-order valence-corrected chi connectivity index (χ0v) is 13.0. The molecule has 21 heavy (non-hydrogen) atoms. The molecule has 0 saturated heterocycles. The Labute approximate surface area is 127 Å². The Hall–Kier alpha value is -2.14. The average molecular weight is 299 g/mol. The van der Waals surface area contributed by atoms with Crippen LogP contribution in [0.5, 0.6) is 0 Å². The van der Waals surface area contributed by atoms with Crippen molar-refractivity contribution in [3.05, 3.63) is 46.0 Å². The fraction of sp³-hybridized carbons (Fsp3) is 0.250. The summed E-state index contributed by atoms with van der Waals surface area (Å²) in [6.45, 7) is 6.09. The number of rotatable bonds is 3. The van der Waals surface area contributed by atoms with E-state index in [9.17, 15) is 4.79 Å². The van der Waals surface area contributed by atoms with Crippen LogP contribution in [0.4, 0.5) is 5.69 Å². The number of H-pyrrole nitrogens is 1. The predicted molar refractivity (Wildman–Crippen MR) is 87.2 cm³/mol. The number of hydrogen-bond donors (Lipinski definition) is 2. The molecule has 0 bridgehead atoms. The van der Waals surface area contributed by atoms with Crippen molar-refractivity contribution in [3.8, 4) is 0 Å². The van der Waals surface area contributed by atoms with E-state index in [0.717, 1.165) is 26.5 Å². The number of aryl methyl sites for hydroxylation is 1. The molecule has 1 amide bonds. The van der Waals surface area contributed by atoms with Crippen LogP contribution in [-0.4, -0.2) is 15.9 Å². The number of nitrogens with zero attached hydrogens (tertiary/aromatic N) is 1. The van der Waals surface area contributed by atoms with Crippen LogP contribution in [0.25, 0.3) is 10.9 Å². The molecule has 0 unspecified atom stereocenters. The zero-order chi connectivity index (χ0) is 15.0. The van der Waals surface area contributed by atoms with Crippen LogP contribution in [0, 0.1) is 6.92 Å². The zero-order valence-electron chi connectivity index (χ0n) is 12.2. The van der Waals surface area contributed by atoms with Crippen molar-refractivity contribution in [3.63, 3.8) is 0 Å². The molecule has 0 fully saturated rings. The molecule has 0 radical (unpaired) electrons. The number of thiazole rings is 1. The van der Waals surface area contributed by atoms with Crippen molar-refractivity contribution >= 4 is 33.8 Å². The molecule has 0 aliphatic heterocycles. The van der Waals surface area contributed by atoms with Crippen molar-refractivity contribution in [2.24, 2.45) is 0 Å². The molecule has 3 aromatic rings. The van der Waals surface area contributed by atoms with E-state index in [-0.39, 0.29) is 5.91 Å². The minimum absolute atomic E-state index is 0.141. The van der Waals surface area contributed by atoms with Crippen LogP contribution in [0.2, 0.25) is 0 Å². The number of aromatic nitrogens is 2. The Balaban J connectivity index is 1.88. The first-order chi connectivity index (χ1) is 10.0. The van der Waals surface area contributed by atoms with Gasteiger partial charge < -0.3 is 10.3 Å². The van der Waals surface area contributed by atoms with Gasteiger partial charge in [0.15, 0.2) is 0 Å². The lowest BCUT2D eigenvalue weighted by Gasteiger charge is -2.07. The molecule has 0 aliphatic rings. The van der Waals surface area contributed by atoms with Crippen molar-refractivity contribution in [1.29, 1.82) is 0 Å². The molecular formula is C16H17N3OS. The van der Waals surface area contributed by atoms with Crippen LogP contribution in [0.15, 0.2) is 30.5 Å². The Morgan fingerprint density at radius 1 is 1.33 bits per heavy atom. The number of fused-ring (bicyclic) bond motifs is 1. The van der Waals surface area contributed by atoms with E-state index in [1.807, 2.05) is 37.4 Å². The lowest BCUT2D eigenvalue weighted by Crippen LogP contribution is -2.14. The number of anilines is 1. The first-order valence-electron chi connectivity index (χ1n) is 6.90. The number of nitrogens with one attached hydrogen (secondary N) is 2. The molecule has 4 nitrogen and oxygen atoms in total. The second-order valence-electron chi connectivity index (χ2n) is 5.33. The number of aromatic amines is 1. The summed E-state index contributed by atoms with van der Waals surface area (Å²) < 4.78 is 0. The monoisotopic (exact) mass is 299 g/mol. The van der Waals surface area contributed by atoms with Gasteiger partial charge in [-0.05, 0) is 37.1 Å². The SMILES string of the molecule is Cc1nc(C(=O)Nc2ccc3[nH]ccc3c2)c(C(C)C)s1. The van der Waals surface area contributed by atoms with E-state index in [1.165, 1.54) is 0 Å². The highest BCUT2D eigenvalue weighted by atomic mass is 32.1. The minimum atomic E-state index is -0.141. The normalized spacial score (nSPS) is 11.2. The Morgan fingerprint density at radius 3 is 2.90 bits per heavy atom. The maximum Gasteiger partial charge on any atom is 0.275 e. The van der Waals surface area contributed by atoms with Gasteiger partial charge in [0.05, 0.1) is 5.01 Å². The van der Waals surface area contributed by atoms with Gasteiger partial charge in [-0.2, -0.15) is 0 Å². The van der Waals surface area contributed by atoms with Crippen molar-refractivity contribution in [2.45, 2.75) is 26.7 Å². The summed E-state index contributed by atoms with van der Waals surface area (Å²) in [5.74, 6) is 0.155. The first kappa shape index (κ1) is 13.8. The smallest absolute Gasteiger partial charge is 0.275 e. The average Bonchev–Trinajstić information content (AvgIpc) is 3.04. The third-order valence-corrected chi connectivity index (χ3v) is 4.58. The van der Waals surface area contributed by atoms with Gasteiger partial charge in [0.1, 0.15) is 5.69 Å². The molecule has 2 aromatic heterocycles. The van der Waals surface area contributed by atoms with Crippen LogP contribution < -0.4 is 5.32 Å². The summed E-state index contributed by atoms with van der Waals surface area (Å²) in [7, 11) is 0. The van der Waals surface area contributed by atoms with E-state index in [0.29, 0.717) is 11.6 Å². The molecule has 0 saturated carbocycles. The summed E-state index contributed by atoms with van der Waals surface area (Å²) in [4.78, 5) is 21.0. The van der Waals surface area contributed by atoms with E-state index in [4.69, 9.17) is 0 Å². The lowest BCUT2D eigenvalue weighted by atomic mass is 10.1. The summed E-state index contributed by atoms with van der Waals surface area (Å²) in [6.07, 6.45) is 1.89. The standard InChI is InChI=1S/C16H17N3OS/c1-9(2)15-14(18-10(3)21-15)16(20)19-12-4-5-13-11(8-12)6-7-17-13/h4-9,17H,1-3H3,(H,19,20). The van der Waals surface area contributed by atoms with Crippen molar-refractivity contribution in [1.82, 2.24) is 9.97 Å². The van der Waals surface area contributed by atoms with Crippen LogP contribution in [0.3, 0.4) is 0 Å². The summed E-state index contributed by atoms with van der Waals surface area (Å²) >= 11 is 1.59. The van der Waals surface area contributed by atoms with Crippen LogP contribution in [0.1, 0.15) is 40.1 Å². The Bertz CT molecular complexity index is 801. The van der Waals surface area contributed by atoms with Gasteiger partial charge in [0.2, 0.25) is 0 Å². The molecule has 1 aromatic carbocycles. The van der Waals surface area contributed by atoms with E-state index in [2.05, 4.69) is 29.1 Å². The maximum atomic E-state index is 12.5. The highest BCUT2D eigenvalue weighted by Gasteiger charge is 2.19. The second kappa shape index (κ2) is 5.33. The number of amides is 1. The number of benzene rings is 1. The fourth-order valence-electron chi connectivity index (χ4n) is 2.32. The highest BCUT2D eigenvalue weighted by molar-refractivity contribution is 7.12. The van der Waals surface area contributed by atoms with Gasteiger partial charge in [0, 0.05) is 27.7 Å². The third kappa shape index (κ3) is 2.69. The Morgan fingerprint density at radius 2 is 2.14 bits per heavy atom. The van der Waals surface area contributed by atoms with Gasteiger partial charge in [-0.25, -0.2) is 4.98 Å². The molecule has 0 atom stereocenters. The topological polar surface area (TPSA) is 57.8 Å². The van der Waals surface area contributed by atoms with Crippen molar-refractivity contribution < 1.29 is 4.79 Å². The first-order valence-corrected chi connectivity index (χ1v) is 7.72. The lowest BCUT2D eigenvalue weighted by molar-refractivity contribution is 0.102. The molecule has 2 N–H and O–H groups in total. The van der Waals surface area contributed by atoms with Crippen molar-refractivity contribution in [2.75, 3.05) is 5.32 Å². The molecule has 5 heteroatoms.